The lowest BCUT2D eigenvalue weighted by molar-refractivity contribution is -0.132. The first-order valence-electron chi connectivity index (χ1n) is 4.79. The predicted octanol–water partition coefficient (Wildman–Crippen LogP) is 3.20. The molecule has 2 nitrogen and oxygen atoms in total. The monoisotopic (exact) mass is 222 g/mol. The standard InChI is InChI=1S/C12H14O2S/c1-10(12(13)14)6-5-9-15-11-7-3-2-4-8-11/h2-4,7-8H,1,5-6,9H2,(H,13,14). The van der Waals surface area contributed by atoms with E-state index in [1.165, 1.54) is 4.90 Å². The molecule has 0 spiro atoms. The number of aliphatic carboxylic acids is 1. The summed E-state index contributed by atoms with van der Waals surface area (Å²) in [7, 11) is 0. The average molecular weight is 222 g/mol. The van der Waals surface area contributed by atoms with Crippen LogP contribution in [0.4, 0.5) is 0 Å². The van der Waals surface area contributed by atoms with Crippen molar-refractivity contribution in [3.63, 3.8) is 0 Å². The van der Waals surface area contributed by atoms with Crippen molar-refractivity contribution >= 4 is 17.7 Å². The van der Waals surface area contributed by atoms with Crippen LogP contribution in [0.25, 0.3) is 0 Å². The average Bonchev–Trinajstić information content (AvgIpc) is 2.25. The fourth-order valence-corrected chi connectivity index (χ4v) is 1.97. The van der Waals surface area contributed by atoms with Crippen LogP contribution in [0.2, 0.25) is 0 Å². The van der Waals surface area contributed by atoms with Crippen molar-refractivity contribution in [1.29, 1.82) is 0 Å². The van der Waals surface area contributed by atoms with Crippen LogP contribution < -0.4 is 0 Å². The lowest BCUT2D eigenvalue weighted by Crippen LogP contribution is -1.98. The van der Waals surface area contributed by atoms with E-state index in [2.05, 4.69) is 18.7 Å². The number of carbonyl (C=O) groups is 1. The Balaban J connectivity index is 2.18. The summed E-state index contributed by atoms with van der Waals surface area (Å²) in [5.74, 6) is 0.0377. The summed E-state index contributed by atoms with van der Waals surface area (Å²) in [6.45, 7) is 3.49. The van der Waals surface area contributed by atoms with Gasteiger partial charge in [-0.1, -0.05) is 24.8 Å². The Morgan fingerprint density at radius 1 is 1.33 bits per heavy atom. The van der Waals surface area contributed by atoms with Crippen molar-refractivity contribution in [3.8, 4) is 0 Å². The van der Waals surface area contributed by atoms with Crippen LogP contribution in [0.15, 0.2) is 47.4 Å². The van der Waals surface area contributed by atoms with Gasteiger partial charge in [-0.15, -0.1) is 11.8 Å². The molecule has 0 unspecified atom stereocenters. The fraction of sp³-hybridized carbons (Fsp3) is 0.250. The number of thioether (sulfide) groups is 1. The maximum atomic E-state index is 10.5. The molecule has 15 heavy (non-hydrogen) atoms. The van der Waals surface area contributed by atoms with Crippen molar-refractivity contribution in [2.24, 2.45) is 0 Å². The van der Waals surface area contributed by atoms with Gasteiger partial charge in [0.15, 0.2) is 0 Å². The molecular weight excluding hydrogens is 208 g/mol. The molecule has 0 aliphatic heterocycles. The van der Waals surface area contributed by atoms with Crippen LogP contribution in [0, 0.1) is 0 Å². The second kappa shape index (κ2) is 6.30. The molecule has 0 fully saturated rings. The fourth-order valence-electron chi connectivity index (χ4n) is 1.10. The molecule has 0 heterocycles. The maximum Gasteiger partial charge on any atom is 0.330 e. The van der Waals surface area contributed by atoms with Crippen LogP contribution in [-0.4, -0.2) is 16.8 Å². The molecule has 80 valence electrons. The summed E-state index contributed by atoms with van der Waals surface area (Å²) in [6.07, 6.45) is 1.42. The van der Waals surface area contributed by atoms with Crippen molar-refractivity contribution in [3.05, 3.63) is 42.5 Å². The van der Waals surface area contributed by atoms with Gasteiger partial charge in [-0.3, -0.25) is 0 Å². The molecule has 1 rings (SSSR count). The van der Waals surface area contributed by atoms with E-state index >= 15 is 0 Å². The number of benzene rings is 1. The molecule has 0 amide bonds. The molecule has 0 saturated heterocycles. The molecule has 0 aromatic heterocycles. The highest BCUT2D eigenvalue weighted by molar-refractivity contribution is 7.99. The van der Waals surface area contributed by atoms with Crippen molar-refractivity contribution in [1.82, 2.24) is 0 Å². The zero-order valence-corrected chi connectivity index (χ0v) is 9.30. The van der Waals surface area contributed by atoms with Gasteiger partial charge in [-0.25, -0.2) is 4.79 Å². The molecule has 0 aliphatic carbocycles. The number of carboxylic acid groups (broad SMARTS) is 1. The first kappa shape index (κ1) is 11.9. The van der Waals surface area contributed by atoms with E-state index in [0.717, 1.165) is 12.2 Å². The zero-order valence-electron chi connectivity index (χ0n) is 8.48. The van der Waals surface area contributed by atoms with Gasteiger partial charge >= 0.3 is 5.97 Å². The van der Waals surface area contributed by atoms with Gasteiger partial charge in [0, 0.05) is 10.5 Å². The molecule has 0 atom stereocenters. The SMILES string of the molecule is C=C(CCCSc1ccccc1)C(=O)O. The predicted molar refractivity (Wildman–Crippen MR) is 63.2 cm³/mol. The number of carboxylic acids is 1. The Bertz CT molecular complexity index is 333. The molecule has 3 heteroatoms. The minimum Gasteiger partial charge on any atom is -0.478 e. The Hall–Kier alpha value is -1.22. The lowest BCUT2D eigenvalue weighted by Gasteiger charge is -2.01. The summed E-state index contributed by atoms with van der Waals surface area (Å²) >= 11 is 1.74. The van der Waals surface area contributed by atoms with E-state index in [1.54, 1.807) is 11.8 Å². The van der Waals surface area contributed by atoms with Crippen molar-refractivity contribution in [2.45, 2.75) is 17.7 Å². The first-order valence-corrected chi connectivity index (χ1v) is 5.77. The summed E-state index contributed by atoms with van der Waals surface area (Å²) in [5, 5.41) is 8.59. The summed E-state index contributed by atoms with van der Waals surface area (Å²) < 4.78 is 0. The van der Waals surface area contributed by atoms with Crippen LogP contribution >= 0.6 is 11.8 Å². The topological polar surface area (TPSA) is 37.3 Å². The van der Waals surface area contributed by atoms with Gasteiger partial charge in [0.2, 0.25) is 0 Å². The quantitative estimate of drug-likeness (QED) is 0.456. The van der Waals surface area contributed by atoms with E-state index < -0.39 is 5.97 Å². The van der Waals surface area contributed by atoms with E-state index in [0.29, 0.717) is 12.0 Å². The van der Waals surface area contributed by atoms with E-state index in [1.807, 2.05) is 18.2 Å². The number of hydrogen-bond acceptors (Lipinski definition) is 2. The maximum absolute atomic E-state index is 10.5. The van der Waals surface area contributed by atoms with Crippen LogP contribution in [0.3, 0.4) is 0 Å². The Kier molecular flexibility index (Phi) is 4.98. The van der Waals surface area contributed by atoms with Gasteiger partial charge in [-0.2, -0.15) is 0 Å². The molecule has 0 bridgehead atoms. The van der Waals surface area contributed by atoms with Crippen molar-refractivity contribution < 1.29 is 9.90 Å². The third-order valence-corrected chi connectivity index (χ3v) is 3.04. The van der Waals surface area contributed by atoms with Gasteiger partial charge in [-0.05, 0) is 30.7 Å². The van der Waals surface area contributed by atoms with Gasteiger partial charge in [0.05, 0.1) is 0 Å². The zero-order chi connectivity index (χ0) is 11.1. The van der Waals surface area contributed by atoms with Gasteiger partial charge < -0.3 is 5.11 Å². The molecule has 1 aromatic rings. The first-order chi connectivity index (χ1) is 7.20. The van der Waals surface area contributed by atoms with Crippen LogP contribution in [0.5, 0.6) is 0 Å². The van der Waals surface area contributed by atoms with Gasteiger partial charge in [0.1, 0.15) is 0 Å². The van der Waals surface area contributed by atoms with Crippen molar-refractivity contribution in [2.75, 3.05) is 5.75 Å². The normalized spacial score (nSPS) is 9.87. The minimum absolute atomic E-state index is 0.295. The molecule has 1 aromatic carbocycles. The summed E-state index contributed by atoms with van der Waals surface area (Å²) in [6, 6.07) is 10.1. The summed E-state index contributed by atoms with van der Waals surface area (Å²) in [4.78, 5) is 11.7. The smallest absolute Gasteiger partial charge is 0.330 e. The molecular formula is C12H14O2S. The number of hydrogen-bond donors (Lipinski definition) is 1. The van der Waals surface area contributed by atoms with Crippen LogP contribution in [-0.2, 0) is 4.79 Å². The molecule has 1 N–H and O–H groups in total. The second-order valence-electron chi connectivity index (χ2n) is 3.17. The highest BCUT2D eigenvalue weighted by atomic mass is 32.2. The largest absolute Gasteiger partial charge is 0.478 e. The molecule has 0 saturated carbocycles. The second-order valence-corrected chi connectivity index (χ2v) is 4.34. The highest BCUT2D eigenvalue weighted by Gasteiger charge is 2.02. The third kappa shape index (κ3) is 4.70. The van der Waals surface area contributed by atoms with E-state index in [9.17, 15) is 4.79 Å². The van der Waals surface area contributed by atoms with Gasteiger partial charge in [0.25, 0.3) is 0 Å². The lowest BCUT2D eigenvalue weighted by atomic mass is 10.2. The summed E-state index contributed by atoms with van der Waals surface area (Å²) in [5.41, 5.74) is 0.295. The Morgan fingerprint density at radius 3 is 2.60 bits per heavy atom. The van der Waals surface area contributed by atoms with E-state index in [4.69, 9.17) is 5.11 Å². The Morgan fingerprint density at radius 2 is 2.00 bits per heavy atom. The van der Waals surface area contributed by atoms with E-state index in [-0.39, 0.29) is 0 Å². The number of rotatable bonds is 6. The molecule has 0 aliphatic rings. The highest BCUT2D eigenvalue weighted by Crippen LogP contribution is 2.19. The minimum atomic E-state index is -0.889. The van der Waals surface area contributed by atoms with Crippen LogP contribution in [0.1, 0.15) is 12.8 Å². The molecule has 0 radical (unpaired) electrons. The Labute approximate surface area is 94.0 Å². The third-order valence-electron chi connectivity index (χ3n) is 1.94.